The smallest absolute Gasteiger partial charge is 0.276 e. The summed E-state index contributed by atoms with van der Waals surface area (Å²) in [6.45, 7) is 4.90. The van der Waals surface area contributed by atoms with Gasteiger partial charge in [-0.3, -0.25) is 9.59 Å². The van der Waals surface area contributed by atoms with Crippen LogP contribution in [0, 0.1) is 19.7 Å². The predicted molar refractivity (Wildman–Crippen MR) is 136 cm³/mol. The van der Waals surface area contributed by atoms with E-state index >= 15 is 0 Å². The number of aromatic nitrogens is 3. The molecule has 0 radical (unpaired) electrons. The van der Waals surface area contributed by atoms with Crippen LogP contribution < -0.4 is 10.9 Å². The van der Waals surface area contributed by atoms with Crippen molar-refractivity contribution in [2.24, 2.45) is 0 Å². The molecule has 0 atom stereocenters. The first-order valence-corrected chi connectivity index (χ1v) is 13.2. The van der Waals surface area contributed by atoms with E-state index in [2.05, 4.69) is 10.4 Å². The first-order valence-electron chi connectivity index (χ1n) is 12.1. The molecule has 0 saturated heterocycles. The first-order chi connectivity index (χ1) is 16.4. The second kappa shape index (κ2) is 11.2. The number of carbonyl (C=O) groups excluding carboxylic acids is 1. The number of aryl methyl sites for hydroxylation is 2. The van der Waals surface area contributed by atoms with E-state index in [1.807, 2.05) is 30.2 Å². The summed E-state index contributed by atoms with van der Waals surface area (Å²) in [5.74, 6) is 0.578. The maximum atomic E-state index is 13.3. The zero-order valence-electron chi connectivity index (χ0n) is 20.0. The SMILES string of the molecule is Cc1c2cnn(CC(=O)NCCCSC3CCCCC3)c(=O)c2c(C)n1Cc1ccc(F)cc1. The molecular weight excluding hydrogens is 451 g/mol. The molecule has 1 saturated carbocycles. The highest BCUT2D eigenvalue weighted by atomic mass is 32.2. The van der Waals surface area contributed by atoms with Gasteiger partial charge in [0, 0.05) is 35.1 Å². The third-order valence-electron chi connectivity index (χ3n) is 6.70. The number of fused-ring (bicyclic) bond motifs is 1. The molecule has 1 amide bonds. The fourth-order valence-electron chi connectivity index (χ4n) is 4.74. The van der Waals surface area contributed by atoms with Crippen LogP contribution in [0.2, 0.25) is 0 Å². The zero-order valence-corrected chi connectivity index (χ0v) is 20.8. The van der Waals surface area contributed by atoms with Crippen LogP contribution in [-0.2, 0) is 17.9 Å². The van der Waals surface area contributed by atoms with E-state index in [9.17, 15) is 14.0 Å². The second-order valence-corrected chi connectivity index (χ2v) is 10.5. The fraction of sp³-hybridized carbons (Fsp3) is 0.500. The van der Waals surface area contributed by atoms with Gasteiger partial charge in [-0.05, 0) is 56.6 Å². The molecule has 0 unspecified atom stereocenters. The lowest BCUT2D eigenvalue weighted by molar-refractivity contribution is -0.121. The van der Waals surface area contributed by atoms with Crippen molar-refractivity contribution in [3.63, 3.8) is 0 Å². The molecule has 1 aliphatic rings. The first kappa shape index (κ1) is 24.5. The molecule has 0 bridgehead atoms. The molecule has 0 spiro atoms. The largest absolute Gasteiger partial charge is 0.354 e. The van der Waals surface area contributed by atoms with Gasteiger partial charge in [0.15, 0.2) is 0 Å². The van der Waals surface area contributed by atoms with Crippen molar-refractivity contribution < 1.29 is 9.18 Å². The molecule has 3 aromatic rings. The fourth-order valence-corrected chi connectivity index (χ4v) is 6.05. The van der Waals surface area contributed by atoms with Gasteiger partial charge >= 0.3 is 0 Å². The van der Waals surface area contributed by atoms with Gasteiger partial charge in [0.2, 0.25) is 5.91 Å². The summed E-state index contributed by atoms with van der Waals surface area (Å²) < 4.78 is 16.5. The number of carbonyl (C=O) groups is 1. The van der Waals surface area contributed by atoms with Crippen LogP contribution >= 0.6 is 11.8 Å². The maximum Gasteiger partial charge on any atom is 0.276 e. The minimum Gasteiger partial charge on any atom is -0.354 e. The van der Waals surface area contributed by atoms with Crippen molar-refractivity contribution >= 4 is 28.4 Å². The van der Waals surface area contributed by atoms with E-state index in [0.717, 1.165) is 39.8 Å². The summed E-state index contributed by atoms with van der Waals surface area (Å²) in [5.41, 5.74) is 2.42. The van der Waals surface area contributed by atoms with Crippen molar-refractivity contribution in [3.05, 3.63) is 63.6 Å². The number of hydrogen-bond donors (Lipinski definition) is 1. The molecule has 2 heterocycles. The molecule has 0 aliphatic heterocycles. The number of hydrogen-bond acceptors (Lipinski definition) is 4. The molecule has 182 valence electrons. The molecule has 8 heteroatoms. The Morgan fingerprint density at radius 1 is 1.15 bits per heavy atom. The molecule has 2 aromatic heterocycles. The Labute approximate surface area is 203 Å². The lowest BCUT2D eigenvalue weighted by Gasteiger charge is -2.20. The quantitative estimate of drug-likeness (QED) is 0.452. The van der Waals surface area contributed by atoms with Crippen LogP contribution in [-0.4, -0.2) is 37.8 Å². The molecule has 1 aliphatic carbocycles. The number of thioether (sulfide) groups is 1. The van der Waals surface area contributed by atoms with Crippen LogP contribution in [0.1, 0.15) is 55.5 Å². The van der Waals surface area contributed by atoms with Crippen LogP contribution in [0.3, 0.4) is 0 Å². The third-order valence-corrected chi connectivity index (χ3v) is 8.17. The topological polar surface area (TPSA) is 68.9 Å². The number of nitrogens with one attached hydrogen (secondary N) is 1. The van der Waals surface area contributed by atoms with Crippen molar-refractivity contribution in [1.82, 2.24) is 19.7 Å². The highest BCUT2D eigenvalue weighted by molar-refractivity contribution is 7.99. The molecular formula is C26H33FN4O2S. The Balaban J connectivity index is 1.37. The predicted octanol–water partition coefficient (Wildman–Crippen LogP) is 4.57. The highest BCUT2D eigenvalue weighted by Crippen LogP contribution is 2.28. The van der Waals surface area contributed by atoms with Crippen molar-refractivity contribution in [1.29, 1.82) is 0 Å². The Bertz CT molecular complexity index is 1200. The second-order valence-electron chi connectivity index (χ2n) is 9.11. The molecule has 6 nitrogen and oxygen atoms in total. The van der Waals surface area contributed by atoms with Crippen molar-refractivity contribution in [2.45, 2.75) is 70.7 Å². The minimum absolute atomic E-state index is 0.0911. The maximum absolute atomic E-state index is 13.3. The summed E-state index contributed by atoms with van der Waals surface area (Å²) in [7, 11) is 0. The lowest BCUT2D eigenvalue weighted by Crippen LogP contribution is -2.34. The molecule has 4 rings (SSSR count). The Hall–Kier alpha value is -2.61. The van der Waals surface area contributed by atoms with Gasteiger partial charge in [0.25, 0.3) is 5.56 Å². The Kier molecular flexibility index (Phi) is 8.08. The number of nitrogens with zero attached hydrogens (tertiary/aromatic N) is 3. The number of halogens is 1. The molecule has 1 N–H and O–H groups in total. The van der Waals surface area contributed by atoms with Crippen LogP contribution in [0.4, 0.5) is 4.39 Å². The van der Waals surface area contributed by atoms with Gasteiger partial charge in [-0.15, -0.1) is 0 Å². The third kappa shape index (κ3) is 5.71. The standard InChI is InChI=1S/C26H33FN4O2S/c1-18-23-15-29-31(17-24(32)28-13-6-14-34-22-7-4-3-5-8-22)26(33)25(23)19(2)30(18)16-20-9-11-21(27)12-10-20/h9-12,15,22H,3-8,13-14,16-17H2,1-2H3,(H,28,32). The average Bonchev–Trinajstić information content (AvgIpc) is 3.07. The van der Waals surface area contributed by atoms with E-state index in [1.54, 1.807) is 18.3 Å². The van der Waals surface area contributed by atoms with Crippen LogP contribution in [0.25, 0.3) is 10.8 Å². The van der Waals surface area contributed by atoms with Crippen molar-refractivity contribution in [3.8, 4) is 0 Å². The van der Waals surface area contributed by atoms with Gasteiger partial charge < -0.3 is 9.88 Å². The van der Waals surface area contributed by atoms with E-state index in [1.165, 1.54) is 48.9 Å². The summed E-state index contributed by atoms with van der Waals surface area (Å²) in [5, 5.41) is 9.32. The van der Waals surface area contributed by atoms with E-state index in [0.29, 0.717) is 18.5 Å². The lowest BCUT2D eigenvalue weighted by atomic mass is 10.0. The highest BCUT2D eigenvalue weighted by Gasteiger charge is 2.18. The zero-order chi connectivity index (χ0) is 24.1. The molecule has 34 heavy (non-hydrogen) atoms. The number of benzene rings is 1. The van der Waals surface area contributed by atoms with Crippen LogP contribution in [0.15, 0.2) is 35.3 Å². The van der Waals surface area contributed by atoms with Gasteiger partial charge in [0.05, 0.1) is 11.6 Å². The van der Waals surface area contributed by atoms with Gasteiger partial charge in [-0.2, -0.15) is 16.9 Å². The van der Waals surface area contributed by atoms with E-state index in [4.69, 9.17) is 0 Å². The van der Waals surface area contributed by atoms with E-state index < -0.39 is 0 Å². The summed E-state index contributed by atoms with van der Waals surface area (Å²) in [6.07, 6.45) is 9.28. The molecule has 1 aromatic carbocycles. The Morgan fingerprint density at radius 2 is 1.88 bits per heavy atom. The Morgan fingerprint density at radius 3 is 2.62 bits per heavy atom. The van der Waals surface area contributed by atoms with Gasteiger partial charge in [0.1, 0.15) is 12.4 Å². The van der Waals surface area contributed by atoms with Crippen molar-refractivity contribution in [2.75, 3.05) is 12.3 Å². The van der Waals surface area contributed by atoms with E-state index in [-0.39, 0.29) is 23.8 Å². The minimum atomic E-state index is -0.275. The van der Waals surface area contributed by atoms with Gasteiger partial charge in [-0.1, -0.05) is 31.4 Å². The van der Waals surface area contributed by atoms with Crippen LogP contribution in [0.5, 0.6) is 0 Å². The summed E-state index contributed by atoms with van der Waals surface area (Å²) >= 11 is 2.02. The average molecular weight is 485 g/mol. The summed E-state index contributed by atoms with van der Waals surface area (Å²) in [4.78, 5) is 25.6. The summed E-state index contributed by atoms with van der Waals surface area (Å²) in [6, 6.07) is 6.36. The van der Waals surface area contributed by atoms with Gasteiger partial charge in [-0.25, -0.2) is 9.07 Å². The normalized spacial score (nSPS) is 14.6. The number of rotatable bonds is 9. The number of amides is 1. The molecule has 1 fully saturated rings. The monoisotopic (exact) mass is 484 g/mol.